The van der Waals surface area contributed by atoms with Gasteiger partial charge >= 0.3 is 0 Å². The highest BCUT2D eigenvalue weighted by Gasteiger charge is 2.34. The van der Waals surface area contributed by atoms with Crippen molar-refractivity contribution in [1.82, 2.24) is 4.90 Å². The molecule has 0 unspecified atom stereocenters. The van der Waals surface area contributed by atoms with Crippen molar-refractivity contribution in [3.05, 3.63) is 11.6 Å². The van der Waals surface area contributed by atoms with Gasteiger partial charge in [0.25, 0.3) is 0 Å². The Bertz CT molecular complexity index is 412. The number of hydrogen-bond acceptors (Lipinski definition) is 4. The molecule has 5 heteroatoms. The summed E-state index contributed by atoms with van der Waals surface area (Å²) in [6.45, 7) is 6.61. The van der Waals surface area contributed by atoms with Gasteiger partial charge in [0.1, 0.15) is 9.84 Å². The minimum absolute atomic E-state index is 0.0903. The Morgan fingerprint density at radius 2 is 2.11 bits per heavy atom. The predicted molar refractivity (Wildman–Crippen MR) is 79.0 cm³/mol. The van der Waals surface area contributed by atoms with E-state index in [-0.39, 0.29) is 17.8 Å². The zero-order valence-electron chi connectivity index (χ0n) is 12.4. The summed E-state index contributed by atoms with van der Waals surface area (Å²) in [5, 5.41) is 9.73. The van der Waals surface area contributed by atoms with E-state index in [1.165, 1.54) is 11.8 Å². The number of nitrogens with zero attached hydrogens (tertiary/aromatic N) is 1. The van der Waals surface area contributed by atoms with Gasteiger partial charge in [0.05, 0.1) is 12.4 Å². The molecule has 0 aliphatic carbocycles. The molecule has 0 radical (unpaired) electrons. The molecular weight excluding hydrogens is 262 g/mol. The first kappa shape index (κ1) is 16.7. The maximum Gasteiger partial charge on any atom is 0.148 e. The van der Waals surface area contributed by atoms with E-state index >= 15 is 0 Å². The van der Waals surface area contributed by atoms with Crippen molar-refractivity contribution in [2.75, 3.05) is 38.2 Å². The lowest BCUT2D eigenvalue weighted by Gasteiger charge is -2.41. The van der Waals surface area contributed by atoms with Crippen LogP contribution in [-0.2, 0) is 9.84 Å². The third-order valence-electron chi connectivity index (χ3n) is 3.80. The molecule has 0 aromatic heterocycles. The van der Waals surface area contributed by atoms with Crippen LogP contribution in [0.1, 0.15) is 33.1 Å². The molecule has 4 nitrogen and oxygen atoms in total. The summed E-state index contributed by atoms with van der Waals surface area (Å²) in [5.41, 5.74) is 1.17. The molecule has 1 N–H and O–H groups in total. The van der Waals surface area contributed by atoms with Crippen LogP contribution in [0.25, 0.3) is 0 Å². The normalized spacial score (nSPS) is 25.3. The van der Waals surface area contributed by atoms with Gasteiger partial charge in [0.2, 0.25) is 0 Å². The number of aliphatic hydroxyl groups excluding tert-OH is 1. The molecule has 1 aliphatic rings. The highest BCUT2D eigenvalue weighted by molar-refractivity contribution is 7.90. The summed E-state index contributed by atoms with van der Waals surface area (Å²) in [7, 11) is -2.91. The molecular formula is C14H27NO3S. The van der Waals surface area contributed by atoms with E-state index in [1.807, 2.05) is 0 Å². The lowest BCUT2D eigenvalue weighted by Crippen LogP contribution is -2.46. The van der Waals surface area contributed by atoms with Crippen molar-refractivity contribution in [3.8, 4) is 0 Å². The molecule has 1 saturated heterocycles. The fourth-order valence-electron chi connectivity index (χ4n) is 2.58. The fraction of sp³-hybridized carbons (Fsp3) is 0.857. The van der Waals surface area contributed by atoms with E-state index in [2.05, 4.69) is 24.8 Å². The van der Waals surface area contributed by atoms with Crippen molar-refractivity contribution < 1.29 is 13.5 Å². The number of likely N-dealkylation sites (tertiary alicyclic amines) is 1. The average molecular weight is 289 g/mol. The van der Waals surface area contributed by atoms with Gasteiger partial charge in [-0.3, -0.25) is 0 Å². The SMILES string of the molecule is CC(C)=CC[C@@]1(CO)CCCN(CCS(C)(=O)=O)C1. The fourth-order valence-corrected chi connectivity index (χ4v) is 3.17. The average Bonchev–Trinajstić information content (AvgIpc) is 2.34. The molecule has 0 spiro atoms. The Labute approximate surface area is 117 Å². The summed E-state index contributed by atoms with van der Waals surface area (Å²) in [6.07, 6.45) is 6.38. The van der Waals surface area contributed by atoms with E-state index in [9.17, 15) is 13.5 Å². The standard InChI is InChI=1S/C14H27NO3S/c1-13(2)5-7-14(12-16)6-4-8-15(11-14)9-10-19(3,17)18/h5,16H,4,6-12H2,1-3H3/t14-/m0/s1. The van der Waals surface area contributed by atoms with Crippen LogP contribution in [0.4, 0.5) is 0 Å². The summed E-state index contributed by atoms with van der Waals surface area (Å²) < 4.78 is 22.5. The first-order valence-corrected chi connectivity index (χ1v) is 8.97. The Morgan fingerprint density at radius 1 is 1.42 bits per heavy atom. The molecule has 0 aromatic rings. The van der Waals surface area contributed by atoms with E-state index in [1.54, 1.807) is 0 Å². The highest BCUT2D eigenvalue weighted by atomic mass is 32.2. The van der Waals surface area contributed by atoms with Gasteiger partial charge in [-0.2, -0.15) is 0 Å². The summed E-state index contributed by atoms with van der Waals surface area (Å²) >= 11 is 0. The molecule has 0 amide bonds. The Balaban J connectivity index is 2.62. The third kappa shape index (κ3) is 6.06. The Kier molecular flexibility index (Phi) is 6.02. The van der Waals surface area contributed by atoms with Crippen LogP contribution < -0.4 is 0 Å². The van der Waals surface area contributed by atoms with Crippen LogP contribution in [0, 0.1) is 5.41 Å². The van der Waals surface area contributed by atoms with Crippen molar-refractivity contribution in [2.45, 2.75) is 33.1 Å². The number of aliphatic hydroxyl groups is 1. The smallest absolute Gasteiger partial charge is 0.148 e. The van der Waals surface area contributed by atoms with Gasteiger partial charge in [0, 0.05) is 24.8 Å². The molecule has 19 heavy (non-hydrogen) atoms. The minimum Gasteiger partial charge on any atom is -0.396 e. The molecule has 112 valence electrons. The summed E-state index contributed by atoms with van der Waals surface area (Å²) in [6, 6.07) is 0. The van der Waals surface area contributed by atoms with Crippen molar-refractivity contribution >= 4 is 9.84 Å². The number of sulfone groups is 1. The Hall–Kier alpha value is -0.390. The molecule has 0 bridgehead atoms. The third-order valence-corrected chi connectivity index (χ3v) is 4.72. The summed E-state index contributed by atoms with van der Waals surface area (Å²) in [4.78, 5) is 2.18. The predicted octanol–water partition coefficient (Wildman–Crippen LogP) is 1.46. The molecule has 1 heterocycles. The van der Waals surface area contributed by atoms with Crippen LogP contribution in [0.15, 0.2) is 11.6 Å². The molecule has 1 aliphatic heterocycles. The van der Waals surface area contributed by atoms with Crippen LogP contribution in [0.5, 0.6) is 0 Å². The van der Waals surface area contributed by atoms with Crippen molar-refractivity contribution in [2.24, 2.45) is 5.41 Å². The second-order valence-corrected chi connectivity index (χ2v) is 8.41. The second kappa shape index (κ2) is 6.86. The van der Waals surface area contributed by atoms with Crippen LogP contribution in [0.2, 0.25) is 0 Å². The lowest BCUT2D eigenvalue weighted by atomic mass is 9.77. The summed E-state index contributed by atoms with van der Waals surface area (Å²) in [5.74, 6) is 0.206. The van der Waals surface area contributed by atoms with Gasteiger partial charge in [0.15, 0.2) is 0 Å². The quantitative estimate of drug-likeness (QED) is 0.752. The first-order valence-electron chi connectivity index (χ1n) is 6.91. The molecule has 1 fully saturated rings. The monoisotopic (exact) mass is 289 g/mol. The minimum atomic E-state index is -2.91. The van der Waals surface area contributed by atoms with E-state index in [0.717, 1.165) is 32.4 Å². The number of hydrogen-bond donors (Lipinski definition) is 1. The zero-order chi connectivity index (χ0) is 14.5. The Morgan fingerprint density at radius 3 is 2.63 bits per heavy atom. The van der Waals surface area contributed by atoms with Gasteiger partial charge in [-0.25, -0.2) is 8.42 Å². The molecule has 0 saturated carbocycles. The molecule has 1 rings (SSSR count). The van der Waals surface area contributed by atoms with E-state index in [0.29, 0.717) is 6.54 Å². The van der Waals surface area contributed by atoms with E-state index < -0.39 is 9.84 Å². The topological polar surface area (TPSA) is 57.6 Å². The molecule has 1 atom stereocenters. The van der Waals surface area contributed by atoms with Gasteiger partial charge < -0.3 is 10.0 Å². The van der Waals surface area contributed by atoms with E-state index in [4.69, 9.17) is 0 Å². The largest absolute Gasteiger partial charge is 0.396 e. The maximum atomic E-state index is 11.2. The second-order valence-electron chi connectivity index (χ2n) is 6.15. The maximum absolute atomic E-state index is 11.2. The number of piperidine rings is 1. The van der Waals surface area contributed by atoms with Crippen molar-refractivity contribution in [1.29, 1.82) is 0 Å². The number of allylic oxidation sites excluding steroid dienone is 2. The first-order chi connectivity index (χ1) is 8.76. The number of rotatable bonds is 6. The van der Waals surface area contributed by atoms with Gasteiger partial charge in [-0.1, -0.05) is 11.6 Å². The van der Waals surface area contributed by atoms with Gasteiger partial charge in [-0.05, 0) is 39.7 Å². The van der Waals surface area contributed by atoms with Gasteiger partial charge in [-0.15, -0.1) is 0 Å². The lowest BCUT2D eigenvalue weighted by molar-refractivity contribution is 0.0371. The van der Waals surface area contributed by atoms with Crippen LogP contribution in [-0.4, -0.2) is 56.7 Å². The van der Waals surface area contributed by atoms with Crippen LogP contribution >= 0.6 is 0 Å². The zero-order valence-corrected chi connectivity index (χ0v) is 13.2. The van der Waals surface area contributed by atoms with Crippen LogP contribution in [0.3, 0.4) is 0 Å². The van der Waals surface area contributed by atoms with Crippen molar-refractivity contribution in [3.63, 3.8) is 0 Å². The highest BCUT2D eigenvalue weighted by Crippen LogP contribution is 2.33. The molecule has 0 aromatic carbocycles.